The van der Waals surface area contributed by atoms with E-state index in [1.165, 1.54) is 0 Å². The maximum absolute atomic E-state index is 14.2. The normalized spacial score (nSPS) is 13.2. The van der Waals surface area contributed by atoms with Gasteiger partial charge in [0.25, 0.3) is 0 Å². The Morgan fingerprint density at radius 3 is 1.67 bits per heavy atom. The van der Waals surface area contributed by atoms with Gasteiger partial charge in [0, 0.05) is 6.54 Å². The van der Waals surface area contributed by atoms with Crippen molar-refractivity contribution in [3.63, 3.8) is 0 Å². The second-order valence-electron chi connectivity index (χ2n) is 13.8. The Bertz CT molecular complexity index is 1320. The lowest BCUT2D eigenvalue weighted by atomic mass is 9.77. The first-order valence-electron chi connectivity index (χ1n) is 16.7. The minimum atomic E-state index is -1.04. The molecule has 3 aromatic carbocycles. The Kier molecular flexibility index (Phi) is 14.2. The monoisotopic (exact) mass is 659 g/mol. The molecule has 2 amide bonds. The summed E-state index contributed by atoms with van der Waals surface area (Å²) in [6.07, 6.45) is 0.737. The molecule has 3 aromatic rings. The number of ether oxygens (including phenoxy) is 3. The number of esters is 1. The van der Waals surface area contributed by atoms with Crippen molar-refractivity contribution in [3.8, 4) is 0 Å². The van der Waals surface area contributed by atoms with Crippen LogP contribution in [0.5, 0.6) is 0 Å². The Hall–Kier alpha value is -4.21. The topological polar surface area (TPSA) is 115 Å². The van der Waals surface area contributed by atoms with E-state index in [-0.39, 0.29) is 32.1 Å². The number of carbonyl (C=O) groups is 3. The van der Waals surface area contributed by atoms with E-state index in [0.717, 1.165) is 23.1 Å². The average Bonchev–Trinajstić information content (AvgIpc) is 3.04. The van der Waals surface area contributed by atoms with Gasteiger partial charge in [-0.2, -0.15) is 0 Å². The summed E-state index contributed by atoms with van der Waals surface area (Å²) in [6.45, 7) is 13.6. The number of hydrogen-bond acceptors (Lipinski definition) is 7. The van der Waals surface area contributed by atoms with Crippen molar-refractivity contribution >= 4 is 18.0 Å². The Balaban J connectivity index is 1.93. The van der Waals surface area contributed by atoms with Crippen LogP contribution in [0.3, 0.4) is 0 Å². The zero-order valence-corrected chi connectivity index (χ0v) is 29.5. The second kappa shape index (κ2) is 17.8. The van der Waals surface area contributed by atoms with Gasteiger partial charge in [0.15, 0.2) is 0 Å². The second-order valence-corrected chi connectivity index (χ2v) is 13.8. The van der Waals surface area contributed by atoms with Crippen LogP contribution in [0.25, 0.3) is 0 Å². The fourth-order valence-electron chi connectivity index (χ4n) is 5.14. The van der Waals surface area contributed by atoms with Gasteiger partial charge >= 0.3 is 12.1 Å². The number of carbonyl (C=O) groups excluding carboxylic acids is 3. The minimum absolute atomic E-state index is 0.122. The third-order valence-corrected chi connectivity index (χ3v) is 7.41. The molecule has 0 aliphatic rings. The minimum Gasteiger partial charge on any atom is -0.465 e. The van der Waals surface area contributed by atoms with E-state index in [1.54, 1.807) is 20.8 Å². The molecule has 0 saturated heterocycles. The molecule has 9 nitrogen and oxygen atoms in total. The highest BCUT2D eigenvalue weighted by molar-refractivity contribution is 5.86. The van der Waals surface area contributed by atoms with Gasteiger partial charge in [0.1, 0.15) is 17.2 Å². The summed E-state index contributed by atoms with van der Waals surface area (Å²) < 4.78 is 17.1. The third-order valence-electron chi connectivity index (χ3n) is 7.41. The van der Waals surface area contributed by atoms with Crippen LogP contribution in [-0.2, 0) is 29.3 Å². The first-order chi connectivity index (χ1) is 22.7. The number of nitrogens with one attached hydrogen (secondary N) is 3. The number of alkyl carbamates (subject to hydrolysis) is 1. The highest BCUT2D eigenvalue weighted by Crippen LogP contribution is 2.37. The van der Waals surface area contributed by atoms with Crippen molar-refractivity contribution in [2.45, 2.75) is 96.6 Å². The molecule has 0 aliphatic carbocycles. The molecule has 9 heteroatoms. The zero-order chi connectivity index (χ0) is 35.2. The van der Waals surface area contributed by atoms with E-state index in [0.29, 0.717) is 6.42 Å². The number of rotatable bonds is 16. The Morgan fingerprint density at radius 1 is 0.729 bits per heavy atom. The van der Waals surface area contributed by atoms with Gasteiger partial charge in [-0.05, 0) is 64.7 Å². The van der Waals surface area contributed by atoms with Crippen molar-refractivity contribution in [3.05, 3.63) is 108 Å². The molecule has 0 saturated carbocycles. The molecule has 0 heterocycles. The summed E-state index contributed by atoms with van der Waals surface area (Å²) in [5, 5.41) is 9.37. The van der Waals surface area contributed by atoms with E-state index in [4.69, 9.17) is 14.2 Å². The lowest BCUT2D eigenvalue weighted by molar-refractivity contribution is -0.148. The van der Waals surface area contributed by atoms with Crippen molar-refractivity contribution in [2.75, 3.05) is 19.8 Å². The van der Waals surface area contributed by atoms with Crippen LogP contribution in [0, 0.1) is 0 Å². The van der Waals surface area contributed by atoms with Gasteiger partial charge in [-0.15, -0.1) is 0 Å². The lowest BCUT2D eigenvalue weighted by Crippen LogP contribution is -2.53. The van der Waals surface area contributed by atoms with E-state index >= 15 is 0 Å². The molecule has 3 N–H and O–H groups in total. The van der Waals surface area contributed by atoms with E-state index in [2.05, 4.69) is 16.0 Å². The standard InChI is InChI=1S/C39H53N3O6/c1-8-9-25-46-35(44)33(40-27-32(28-47-37(2,3)4)41-36(45)48-38(5,6)7)26-34(43)42-39(29-19-13-10-14-20-29,30-21-15-11-16-22-30)31-23-17-12-18-24-31/h10-24,32-33,40H,8-9,25-28H2,1-7H3,(H,41,45)(H,42,43)/t32-,33+/m1/s1. The fraction of sp³-hybridized carbons (Fsp3) is 0.462. The van der Waals surface area contributed by atoms with Gasteiger partial charge in [0.05, 0.1) is 31.3 Å². The molecule has 3 rings (SSSR count). The SMILES string of the molecule is CCCCOC(=O)[C@H](CC(=O)NC(c1ccccc1)(c1ccccc1)c1ccccc1)NC[C@H](COC(C)(C)C)NC(=O)OC(C)(C)C. The molecule has 0 spiro atoms. The molecular weight excluding hydrogens is 606 g/mol. The summed E-state index contributed by atoms with van der Waals surface area (Å²) in [7, 11) is 0. The molecule has 0 unspecified atom stereocenters. The number of amides is 2. The van der Waals surface area contributed by atoms with Crippen LogP contribution >= 0.6 is 0 Å². The Morgan fingerprint density at radius 2 is 1.23 bits per heavy atom. The summed E-state index contributed by atoms with van der Waals surface area (Å²) in [6, 6.07) is 27.8. The van der Waals surface area contributed by atoms with Crippen LogP contribution < -0.4 is 16.0 Å². The van der Waals surface area contributed by atoms with E-state index < -0.39 is 40.9 Å². The van der Waals surface area contributed by atoms with Gasteiger partial charge < -0.3 is 30.2 Å². The Labute approximate surface area is 286 Å². The molecule has 0 fully saturated rings. The van der Waals surface area contributed by atoms with Crippen molar-refractivity contribution < 1.29 is 28.6 Å². The van der Waals surface area contributed by atoms with E-state index in [9.17, 15) is 14.4 Å². The van der Waals surface area contributed by atoms with Crippen LogP contribution in [0.4, 0.5) is 4.79 Å². The molecule has 0 aromatic heterocycles. The van der Waals surface area contributed by atoms with Crippen LogP contribution in [0.15, 0.2) is 91.0 Å². The molecule has 0 aliphatic heterocycles. The fourth-order valence-corrected chi connectivity index (χ4v) is 5.14. The highest BCUT2D eigenvalue weighted by atomic mass is 16.6. The maximum atomic E-state index is 14.2. The van der Waals surface area contributed by atoms with Crippen LogP contribution in [0.1, 0.15) is 84.4 Å². The van der Waals surface area contributed by atoms with Gasteiger partial charge in [-0.25, -0.2) is 4.79 Å². The number of hydrogen-bond donors (Lipinski definition) is 3. The summed E-state index contributed by atoms with van der Waals surface area (Å²) in [5.74, 6) is -0.907. The molecular formula is C39H53N3O6. The zero-order valence-electron chi connectivity index (χ0n) is 29.5. The van der Waals surface area contributed by atoms with Crippen LogP contribution in [0.2, 0.25) is 0 Å². The molecule has 0 radical (unpaired) electrons. The molecule has 48 heavy (non-hydrogen) atoms. The van der Waals surface area contributed by atoms with Crippen molar-refractivity contribution in [1.29, 1.82) is 0 Å². The van der Waals surface area contributed by atoms with Gasteiger partial charge in [-0.1, -0.05) is 104 Å². The maximum Gasteiger partial charge on any atom is 0.407 e. The number of benzene rings is 3. The lowest BCUT2D eigenvalue weighted by Gasteiger charge is -2.37. The summed E-state index contributed by atoms with van der Waals surface area (Å²) >= 11 is 0. The molecule has 0 bridgehead atoms. The first kappa shape index (κ1) is 38.2. The summed E-state index contributed by atoms with van der Waals surface area (Å²) in [4.78, 5) is 40.4. The van der Waals surface area contributed by atoms with E-state index in [1.807, 2.05) is 119 Å². The van der Waals surface area contributed by atoms with Crippen molar-refractivity contribution in [2.24, 2.45) is 0 Å². The van der Waals surface area contributed by atoms with Gasteiger partial charge in [0.2, 0.25) is 5.91 Å². The van der Waals surface area contributed by atoms with Gasteiger partial charge in [-0.3, -0.25) is 9.59 Å². The predicted octanol–water partition coefficient (Wildman–Crippen LogP) is 6.49. The first-order valence-corrected chi connectivity index (χ1v) is 16.7. The van der Waals surface area contributed by atoms with Crippen molar-refractivity contribution in [1.82, 2.24) is 16.0 Å². The molecule has 2 atom stereocenters. The predicted molar refractivity (Wildman–Crippen MR) is 188 cm³/mol. The highest BCUT2D eigenvalue weighted by Gasteiger charge is 2.39. The quantitative estimate of drug-likeness (QED) is 0.0915. The third kappa shape index (κ3) is 12.1. The van der Waals surface area contributed by atoms with Crippen LogP contribution in [-0.4, -0.2) is 61.0 Å². The summed E-state index contributed by atoms with van der Waals surface area (Å²) in [5.41, 5.74) is 0.394. The average molecular weight is 660 g/mol. The molecule has 260 valence electrons. The number of unbranched alkanes of at least 4 members (excludes halogenated alkanes) is 1. The smallest absolute Gasteiger partial charge is 0.407 e. The largest absolute Gasteiger partial charge is 0.465 e.